The van der Waals surface area contributed by atoms with E-state index >= 15 is 0 Å². The van der Waals surface area contributed by atoms with E-state index in [1.165, 1.54) is 6.26 Å². The van der Waals surface area contributed by atoms with Gasteiger partial charge < -0.3 is 25.0 Å². The van der Waals surface area contributed by atoms with Crippen LogP contribution in [-0.4, -0.2) is 62.3 Å². The summed E-state index contributed by atoms with van der Waals surface area (Å²) < 4.78 is 12.7. The number of benzene rings is 2. The van der Waals surface area contributed by atoms with Gasteiger partial charge in [-0.3, -0.25) is 39.2 Å². The maximum Gasteiger partial charge on any atom is 0.276 e. The molecule has 4 amide bonds. The fraction of sp³-hybridized carbons (Fsp3) is 0.243. The number of nitrogens with zero attached hydrogens (tertiary/aromatic N) is 8. The van der Waals surface area contributed by atoms with E-state index in [2.05, 4.69) is 20.8 Å². The molecule has 0 atom stereocenters. The maximum absolute atomic E-state index is 13.6. The summed E-state index contributed by atoms with van der Waals surface area (Å²) in [6.45, 7) is 10.7. The number of rotatable bonds is 12. The molecule has 7 rings (SSSR count). The van der Waals surface area contributed by atoms with Crippen LogP contribution in [0.2, 0.25) is 0 Å². The number of hydrogen-bond donors (Lipinski definition) is 4. The lowest BCUT2D eigenvalue weighted by molar-refractivity contribution is 0.0992. The van der Waals surface area contributed by atoms with E-state index in [-0.39, 0.29) is 30.5 Å². The summed E-state index contributed by atoms with van der Waals surface area (Å²) in [6, 6.07) is 9.90. The van der Waals surface area contributed by atoms with Crippen LogP contribution < -0.4 is 22.1 Å². The van der Waals surface area contributed by atoms with E-state index in [9.17, 15) is 19.2 Å². The second-order valence-corrected chi connectivity index (χ2v) is 12.8. The molecule has 0 unspecified atom stereocenters. The molecular weight excluding hydrogens is 692 g/mol. The van der Waals surface area contributed by atoms with Crippen LogP contribution in [0.15, 0.2) is 59.2 Å². The molecule has 0 saturated carbocycles. The van der Waals surface area contributed by atoms with E-state index in [0.29, 0.717) is 74.5 Å². The van der Waals surface area contributed by atoms with Crippen LogP contribution in [0, 0.1) is 20.8 Å². The number of aromatic nitrogens is 8. The smallest absolute Gasteiger partial charge is 0.276 e. The zero-order chi connectivity index (χ0) is 38.4. The highest BCUT2D eigenvalue weighted by molar-refractivity contribution is 6.14. The van der Waals surface area contributed by atoms with Crippen molar-refractivity contribution >= 4 is 68.6 Å². The zero-order valence-electron chi connectivity index (χ0n) is 30.3. The average molecular weight is 731 g/mol. The Bertz CT molecular complexity index is 2690. The van der Waals surface area contributed by atoms with Crippen LogP contribution in [0.25, 0.3) is 33.0 Å². The molecule has 17 nitrogen and oxygen atoms in total. The Kier molecular flexibility index (Phi) is 9.06. The molecule has 6 N–H and O–H groups in total. The van der Waals surface area contributed by atoms with Gasteiger partial charge in [0, 0.05) is 37.1 Å². The van der Waals surface area contributed by atoms with Gasteiger partial charge in [-0.2, -0.15) is 10.2 Å². The second-order valence-electron chi connectivity index (χ2n) is 12.8. The lowest BCUT2D eigenvalue weighted by Gasteiger charge is -2.11. The number of imidazole rings is 2. The van der Waals surface area contributed by atoms with Crippen LogP contribution in [0.3, 0.4) is 0 Å². The average Bonchev–Trinajstić information content (AvgIpc) is 3.96. The summed E-state index contributed by atoms with van der Waals surface area (Å²) in [7, 11) is 0. The Morgan fingerprint density at radius 3 is 1.80 bits per heavy atom. The number of nitrogens with two attached hydrogens (primary N) is 2. The number of anilines is 2. The first-order valence-corrected chi connectivity index (χ1v) is 17.3. The van der Waals surface area contributed by atoms with Crippen LogP contribution in [-0.2, 0) is 26.2 Å². The Labute approximate surface area is 307 Å². The fourth-order valence-corrected chi connectivity index (χ4v) is 6.73. The van der Waals surface area contributed by atoms with E-state index in [1.54, 1.807) is 50.3 Å². The van der Waals surface area contributed by atoms with E-state index in [4.69, 9.17) is 25.9 Å². The van der Waals surface area contributed by atoms with Crippen LogP contribution >= 0.6 is 0 Å². The largest absolute Gasteiger partial charge is 0.462 e. The van der Waals surface area contributed by atoms with Gasteiger partial charge in [0.1, 0.15) is 16.9 Å². The van der Waals surface area contributed by atoms with E-state index in [1.807, 2.05) is 51.3 Å². The number of carbonyl (C=O) groups is 4. The predicted octanol–water partition coefficient (Wildman–Crippen LogP) is 4.45. The summed E-state index contributed by atoms with van der Waals surface area (Å²) in [5.41, 5.74) is 17.2. The molecule has 17 heteroatoms. The van der Waals surface area contributed by atoms with Crippen molar-refractivity contribution in [1.29, 1.82) is 0 Å². The topological polar surface area (TPSA) is 229 Å². The molecule has 0 aliphatic carbocycles. The van der Waals surface area contributed by atoms with Crippen molar-refractivity contribution in [2.45, 2.75) is 60.8 Å². The van der Waals surface area contributed by atoms with Gasteiger partial charge in [0.15, 0.2) is 5.58 Å². The van der Waals surface area contributed by atoms with Crippen LogP contribution in [0.4, 0.5) is 11.9 Å². The molecule has 2 aromatic carbocycles. The summed E-state index contributed by atoms with van der Waals surface area (Å²) in [6.07, 6.45) is 5.21. The molecular formula is C37H38N12O5. The predicted molar refractivity (Wildman–Crippen MR) is 201 cm³/mol. The quantitative estimate of drug-likeness (QED) is 0.130. The lowest BCUT2D eigenvalue weighted by atomic mass is 10.1. The number of nitrogens with one attached hydrogen (secondary N) is 2. The fourth-order valence-electron chi connectivity index (χ4n) is 6.73. The van der Waals surface area contributed by atoms with Crippen molar-refractivity contribution < 1.29 is 23.6 Å². The third kappa shape index (κ3) is 6.24. The van der Waals surface area contributed by atoms with Crippen molar-refractivity contribution in [3.63, 3.8) is 0 Å². The van der Waals surface area contributed by atoms with Gasteiger partial charge >= 0.3 is 0 Å². The number of aryl methyl sites for hydroxylation is 5. The minimum Gasteiger partial charge on any atom is -0.462 e. The first-order chi connectivity index (χ1) is 25.9. The number of hydrogen-bond acceptors (Lipinski definition) is 9. The second kappa shape index (κ2) is 13.8. The normalized spacial score (nSPS) is 11.7. The molecule has 5 aromatic heterocycles. The van der Waals surface area contributed by atoms with E-state index < -0.39 is 23.6 Å². The molecule has 0 spiro atoms. The molecule has 54 heavy (non-hydrogen) atoms. The van der Waals surface area contributed by atoms with Gasteiger partial charge in [0.05, 0.1) is 39.8 Å². The van der Waals surface area contributed by atoms with Gasteiger partial charge in [-0.1, -0.05) is 12.2 Å². The van der Waals surface area contributed by atoms with Gasteiger partial charge in [-0.15, -0.1) is 0 Å². The van der Waals surface area contributed by atoms with Gasteiger partial charge in [0.2, 0.25) is 23.7 Å². The van der Waals surface area contributed by atoms with E-state index in [0.717, 1.165) is 5.56 Å². The Morgan fingerprint density at radius 1 is 0.741 bits per heavy atom. The molecule has 0 radical (unpaired) electrons. The summed E-state index contributed by atoms with van der Waals surface area (Å²) in [5.74, 6) is -1.59. The van der Waals surface area contributed by atoms with Crippen molar-refractivity contribution in [2.75, 3.05) is 10.6 Å². The Balaban J connectivity index is 1.27. The number of amides is 4. The molecule has 0 saturated heterocycles. The number of fused-ring (bicyclic) bond motifs is 4. The standard InChI is InChI=1S/C37H38N12O5/c1-6-48-27(15-20(4)44-48)34(52)42-36-40-25-17-22(32(38)50)14-19(3)29(25)46(36)11-8-9-12-47-30-26(18-24(33(39)51)23-10-13-54-31(23)30)41-37(47)43-35(53)28-16-21(5)45-49(28)7-2/h8-10,13-18H,6-7,11-12H2,1-5H3,(H2,38,50)(H2,39,51)(H,40,42,52)(H,41,43,53). The highest BCUT2D eigenvalue weighted by Crippen LogP contribution is 2.32. The monoisotopic (exact) mass is 730 g/mol. The first-order valence-electron chi connectivity index (χ1n) is 17.3. The number of allylic oxidation sites excluding steroid dienone is 2. The highest BCUT2D eigenvalue weighted by Gasteiger charge is 2.23. The van der Waals surface area contributed by atoms with Gasteiger partial charge in [-0.05, 0) is 76.6 Å². The van der Waals surface area contributed by atoms with Gasteiger partial charge in [0.25, 0.3) is 11.8 Å². The van der Waals surface area contributed by atoms with Crippen molar-refractivity contribution in [3.05, 3.63) is 94.3 Å². The number of furan rings is 1. The summed E-state index contributed by atoms with van der Waals surface area (Å²) in [5, 5.41) is 15.1. The molecule has 0 aliphatic rings. The number of carbonyl (C=O) groups excluding carboxylic acids is 4. The number of primary amides is 2. The molecule has 276 valence electrons. The lowest BCUT2D eigenvalue weighted by Crippen LogP contribution is -2.20. The SMILES string of the molecule is CCn1nc(C)cc1C(=O)Nc1nc2cc(C(N)=O)cc(C)c2n1CC=CCn1c(NC(=O)c2cc(C)nn2CC)nc2cc(C(N)=O)c3ccoc3c21. The molecule has 7 aromatic rings. The Hall–Kier alpha value is -7.04. The van der Waals surface area contributed by atoms with Crippen molar-refractivity contribution in [3.8, 4) is 0 Å². The maximum atomic E-state index is 13.6. The minimum absolute atomic E-state index is 0.206. The minimum atomic E-state index is -0.645. The van der Waals surface area contributed by atoms with Crippen LogP contribution in [0.5, 0.6) is 0 Å². The molecule has 0 fully saturated rings. The molecule has 0 aliphatic heterocycles. The third-order valence-electron chi connectivity index (χ3n) is 9.09. The highest BCUT2D eigenvalue weighted by atomic mass is 16.3. The first kappa shape index (κ1) is 35.4. The Morgan fingerprint density at radius 2 is 1.28 bits per heavy atom. The zero-order valence-corrected chi connectivity index (χ0v) is 30.3. The summed E-state index contributed by atoms with van der Waals surface area (Å²) in [4.78, 5) is 61.0. The van der Waals surface area contributed by atoms with Crippen molar-refractivity contribution in [2.24, 2.45) is 11.5 Å². The van der Waals surface area contributed by atoms with Gasteiger partial charge in [-0.25, -0.2) is 9.97 Å². The van der Waals surface area contributed by atoms with Crippen molar-refractivity contribution in [1.82, 2.24) is 38.7 Å². The third-order valence-corrected chi connectivity index (χ3v) is 9.09. The molecule has 5 heterocycles. The van der Waals surface area contributed by atoms with Crippen LogP contribution in [0.1, 0.15) is 72.5 Å². The summed E-state index contributed by atoms with van der Waals surface area (Å²) >= 11 is 0. The molecule has 0 bridgehead atoms.